The van der Waals surface area contributed by atoms with Crippen molar-refractivity contribution in [2.45, 2.75) is 11.8 Å². The molecule has 0 radical (unpaired) electrons. The van der Waals surface area contributed by atoms with Crippen molar-refractivity contribution < 1.29 is 27.1 Å². The second-order valence-electron chi connectivity index (χ2n) is 3.64. The van der Waals surface area contributed by atoms with E-state index < -0.39 is 45.0 Å². The lowest BCUT2D eigenvalue weighted by atomic mass is 10.2. The summed E-state index contributed by atoms with van der Waals surface area (Å²) in [4.78, 5) is 9.39. The second-order valence-corrected chi connectivity index (χ2v) is 5.35. The number of carboxylic acids is 1. The van der Waals surface area contributed by atoms with Crippen molar-refractivity contribution in [1.29, 1.82) is 0 Å². The molecule has 2 N–H and O–H groups in total. The molecule has 0 aliphatic rings. The number of hydrogen-bond acceptors (Lipinski definition) is 3. The van der Waals surface area contributed by atoms with E-state index in [0.29, 0.717) is 0 Å². The highest BCUT2D eigenvalue weighted by molar-refractivity contribution is 7.89. The monoisotopic (exact) mass is 279 g/mol. The van der Waals surface area contributed by atoms with Crippen LogP contribution in [0.15, 0.2) is 23.1 Å². The Morgan fingerprint density at radius 3 is 2.33 bits per heavy atom. The Hall–Kier alpha value is -1.54. The van der Waals surface area contributed by atoms with Crippen LogP contribution in [0.2, 0.25) is 0 Å². The summed E-state index contributed by atoms with van der Waals surface area (Å²) >= 11 is 0. The number of hydrogen-bond donors (Lipinski definition) is 2. The average molecular weight is 279 g/mol. The van der Waals surface area contributed by atoms with Crippen LogP contribution in [-0.4, -0.2) is 26.0 Å². The van der Waals surface area contributed by atoms with Gasteiger partial charge in [0.1, 0.15) is 11.6 Å². The number of carbonyl (C=O) groups is 1. The molecular formula is C10H11F2NO4S. The Morgan fingerprint density at radius 2 is 1.89 bits per heavy atom. The van der Waals surface area contributed by atoms with Gasteiger partial charge in [0.15, 0.2) is 4.90 Å². The topological polar surface area (TPSA) is 83.5 Å². The lowest BCUT2D eigenvalue weighted by Gasteiger charge is -2.10. The zero-order valence-corrected chi connectivity index (χ0v) is 10.2. The lowest BCUT2D eigenvalue weighted by molar-refractivity contribution is -0.140. The standard InChI is InChI=1S/C10H11F2NO4S/c1-6(10(14)15)5-13-18(16,17)9-7(11)3-2-4-8(9)12/h2-4,6,13H,5H2,1H3,(H,14,15). The first-order chi connectivity index (χ1) is 8.25. The summed E-state index contributed by atoms with van der Waals surface area (Å²) in [5.41, 5.74) is 0. The Bertz CT molecular complexity index is 539. The van der Waals surface area contributed by atoms with Crippen molar-refractivity contribution >= 4 is 16.0 Å². The first-order valence-electron chi connectivity index (χ1n) is 4.92. The van der Waals surface area contributed by atoms with Gasteiger partial charge in [0.25, 0.3) is 0 Å². The van der Waals surface area contributed by atoms with Gasteiger partial charge in [-0.25, -0.2) is 21.9 Å². The number of rotatable bonds is 5. The fourth-order valence-electron chi connectivity index (χ4n) is 1.13. The minimum atomic E-state index is -4.41. The van der Waals surface area contributed by atoms with E-state index >= 15 is 0 Å². The third-order valence-corrected chi connectivity index (χ3v) is 3.66. The van der Waals surface area contributed by atoms with Crippen molar-refractivity contribution in [3.8, 4) is 0 Å². The Balaban J connectivity index is 2.98. The Labute approximate surface area is 102 Å². The highest BCUT2D eigenvalue weighted by Crippen LogP contribution is 2.17. The van der Waals surface area contributed by atoms with E-state index in [-0.39, 0.29) is 0 Å². The predicted molar refractivity (Wildman–Crippen MR) is 58.3 cm³/mol. The molecule has 8 heteroatoms. The fraction of sp³-hybridized carbons (Fsp3) is 0.300. The fourth-order valence-corrected chi connectivity index (χ4v) is 2.40. The van der Waals surface area contributed by atoms with Crippen LogP contribution in [0.5, 0.6) is 0 Å². The Kier molecular flexibility index (Phi) is 4.36. The third-order valence-electron chi connectivity index (χ3n) is 2.19. The van der Waals surface area contributed by atoms with Crippen molar-refractivity contribution in [1.82, 2.24) is 4.72 Å². The van der Waals surface area contributed by atoms with E-state index in [1.54, 1.807) is 0 Å². The van der Waals surface area contributed by atoms with Gasteiger partial charge >= 0.3 is 5.97 Å². The summed E-state index contributed by atoms with van der Waals surface area (Å²) in [6.45, 7) is 0.813. The molecule has 1 rings (SSSR count). The van der Waals surface area contributed by atoms with E-state index in [1.807, 2.05) is 4.72 Å². The molecule has 1 unspecified atom stereocenters. The zero-order chi connectivity index (χ0) is 13.9. The molecule has 0 aromatic heterocycles. The van der Waals surface area contributed by atoms with Gasteiger partial charge in [-0.1, -0.05) is 13.0 Å². The molecule has 18 heavy (non-hydrogen) atoms. The van der Waals surface area contributed by atoms with Crippen molar-refractivity contribution in [3.63, 3.8) is 0 Å². The summed E-state index contributed by atoms with van der Waals surface area (Å²) in [7, 11) is -4.41. The van der Waals surface area contributed by atoms with E-state index in [0.717, 1.165) is 18.2 Å². The van der Waals surface area contributed by atoms with Crippen LogP contribution in [0.4, 0.5) is 8.78 Å². The minimum Gasteiger partial charge on any atom is -0.481 e. The van der Waals surface area contributed by atoms with E-state index in [1.165, 1.54) is 6.92 Å². The molecule has 5 nitrogen and oxygen atoms in total. The largest absolute Gasteiger partial charge is 0.481 e. The number of benzene rings is 1. The van der Waals surface area contributed by atoms with Gasteiger partial charge in [-0.15, -0.1) is 0 Å². The maximum atomic E-state index is 13.3. The van der Waals surface area contributed by atoms with Gasteiger partial charge in [-0.05, 0) is 12.1 Å². The molecule has 0 spiro atoms. The number of sulfonamides is 1. The molecular weight excluding hydrogens is 268 g/mol. The van der Waals surface area contributed by atoms with Crippen molar-refractivity contribution in [2.75, 3.05) is 6.54 Å². The number of carboxylic acid groups (broad SMARTS) is 1. The van der Waals surface area contributed by atoms with Gasteiger partial charge in [-0.2, -0.15) is 0 Å². The summed E-state index contributed by atoms with van der Waals surface area (Å²) in [6, 6.07) is 2.64. The molecule has 0 bridgehead atoms. The van der Waals surface area contributed by atoms with Crippen molar-refractivity contribution in [2.24, 2.45) is 5.92 Å². The molecule has 0 amide bonds. The summed E-state index contributed by atoms with van der Waals surface area (Å²) < 4.78 is 51.6. The number of halogens is 2. The van der Waals surface area contributed by atoms with Gasteiger partial charge in [0, 0.05) is 6.54 Å². The smallest absolute Gasteiger partial charge is 0.307 e. The average Bonchev–Trinajstić information content (AvgIpc) is 2.25. The molecule has 1 atom stereocenters. The highest BCUT2D eigenvalue weighted by atomic mass is 32.2. The zero-order valence-electron chi connectivity index (χ0n) is 9.35. The lowest BCUT2D eigenvalue weighted by Crippen LogP contribution is -2.32. The normalized spacial score (nSPS) is 13.3. The maximum absolute atomic E-state index is 13.3. The summed E-state index contributed by atoms with van der Waals surface area (Å²) in [5, 5.41) is 8.58. The molecule has 0 saturated carbocycles. The summed E-state index contributed by atoms with van der Waals surface area (Å²) in [6.07, 6.45) is 0. The predicted octanol–water partition coefficient (Wildman–Crippen LogP) is 0.964. The molecule has 1 aromatic rings. The van der Waals surface area contributed by atoms with Crippen LogP contribution in [0.25, 0.3) is 0 Å². The molecule has 0 aliphatic heterocycles. The van der Waals surface area contributed by atoms with Crippen LogP contribution in [0.1, 0.15) is 6.92 Å². The van der Waals surface area contributed by atoms with Crippen molar-refractivity contribution in [3.05, 3.63) is 29.8 Å². The molecule has 0 aliphatic carbocycles. The maximum Gasteiger partial charge on any atom is 0.307 e. The number of aliphatic carboxylic acids is 1. The van der Waals surface area contributed by atoms with Gasteiger partial charge in [0.2, 0.25) is 10.0 Å². The van der Waals surface area contributed by atoms with E-state index in [4.69, 9.17) is 5.11 Å². The first kappa shape index (κ1) is 14.5. The first-order valence-corrected chi connectivity index (χ1v) is 6.40. The molecule has 0 heterocycles. The van der Waals surface area contributed by atoms with Crippen LogP contribution >= 0.6 is 0 Å². The molecule has 0 fully saturated rings. The quantitative estimate of drug-likeness (QED) is 0.841. The van der Waals surface area contributed by atoms with Gasteiger partial charge in [0.05, 0.1) is 5.92 Å². The van der Waals surface area contributed by atoms with Gasteiger partial charge in [-0.3, -0.25) is 4.79 Å². The molecule has 1 aromatic carbocycles. The van der Waals surface area contributed by atoms with Crippen LogP contribution in [0, 0.1) is 17.6 Å². The Morgan fingerprint density at radius 1 is 1.39 bits per heavy atom. The highest BCUT2D eigenvalue weighted by Gasteiger charge is 2.24. The SMILES string of the molecule is CC(CNS(=O)(=O)c1c(F)cccc1F)C(=O)O. The summed E-state index contributed by atoms with van der Waals surface area (Å²) in [5.74, 6) is -4.68. The van der Waals surface area contributed by atoms with Crippen LogP contribution in [-0.2, 0) is 14.8 Å². The van der Waals surface area contributed by atoms with Crippen LogP contribution < -0.4 is 4.72 Å². The molecule has 0 saturated heterocycles. The second kappa shape index (κ2) is 5.40. The van der Waals surface area contributed by atoms with E-state index in [2.05, 4.69) is 0 Å². The minimum absolute atomic E-state index is 0.453. The third kappa shape index (κ3) is 3.23. The molecule has 100 valence electrons. The van der Waals surface area contributed by atoms with Crippen LogP contribution in [0.3, 0.4) is 0 Å². The van der Waals surface area contributed by atoms with Gasteiger partial charge < -0.3 is 5.11 Å². The number of nitrogens with one attached hydrogen (secondary N) is 1. The van der Waals surface area contributed by atoms with E-state index in [9.17, 15) is 22.0 Å².